The number of hydrogen-bond acceptors (Lipinski definition) is 5. The van der Waals surface area contributed by atoms with E-state index in [-0.39, 0.29) is 5.92 Å². The Morgan fingerprint density at radius 1 is 1.59 bits per heavy atom. The number of alkyl carbamates (subject to hydrolysis) is 1. The third kappa shape index (κ3) is 5.04. The van der Waals surface area contributed by atoms with Gasteiger partial charge in [0.2, 0.25) is 0 Å². The van der Waals surface area contributed by atoms with Crippen molar-refractivity contribution in [3.8, 4) is 0 Å². The lowest BCUT2D eigenvalue weighted by molar-refractivity contribution is 0.0524. The molecule has 1 aliphatic rings. The molecule has 2 N–H and O–H groups in total. The molecule has 1 rings (SSSR count). The highest BCUT2D eigenvalue weighted by Crippen LogP contribution is 2.08. The summed E-state index contributed by atoms with van der Waals surface area (Å²) in [7, 11) is 1.52. The molecule has 0 bridgehead atoms. The maximum absolute atomic E-state index is 11.5. The molecular weight excluding hydrogens is 222 g/mol. The van der Waals surface area contributed by atoms with Crippen LogP contribution < -0.4 is 10.6 Å². The first-order chi connectivity index (χ1) is 7.92. The van der Waals surface area contributed by atoms with E-state index in [2.05, 4.69) is 15.8 Å². The standard InChI is InChI=1S/C11H21N3O3/c1-11(2,3)17-10(15)13-6-8-5-12-7-9(8)14-16-4/h8,12H,5-7H2,1-4H3,(H,13,15)/b14-9-. The van der Waals surface area contributed by atoms with Gasteiger partial charge in [-0.05, 0) is 20.8 Å². The third-order valence-corrected chi connectivity index (χ3v) is 2.27. The van der Waals surface area contributed by atoms with Crippen molar-refractivity contribution >= 4 is 11.8 Å². The molecule has 1 atom stereocenters. The van der Waals surface area contributed by atoms with Crippen molar-refractivity contribution in [2.24, 2.45) is 11.1 Å². The number of rotatable bonds is 3. The molecule has 0 radical (unpaired) electrons. The van der Waals surface area contributed by atoms with E-state index >= 15 is 0 Å². The predicted molar refractivity (Wildman–Crippen MR) is 65.0 cm³/mol. The lowest BCUT2D eigenvalue weighted by Gasteiger charge is -2.20. The molecule has 0 saturated carbocycles. The highest BCUT2D eigenvalue weighted by Gasteiger charge is 2.24. The normalized spacial score (nSPS) is 22.6. The minimum Gasteiger partial charge on any atom is -0.444 e. The number of ether oxygens (including phenoxy) is 1. The maximum atomic E-state index is 11.5. The first-order valence-corrected chi connectivity index (χ1v) is 5.70. The van der Waals surface area contributed by atoms with Gasteiger partial charge in [-0.3, -0.25) is 0 Å². The molecule has 0 aromatic rings. The molecule has 17 heavy (non-hydrogen) atoms. The molecule has 1 saturated heterocycles. The van der Waals surface area contributed by atoms with Gasteiger partial charge in [0.15, 0.2) is 0 Å². The van der Waals surface area contributed by atoms with Gasteiger partial charge in [0, 0.05) is 25.6 Å². The maximum Gasteiger partial charge on any atom is 0.407 e. The second-order valence-corrected chi connectivity index (χ2v) is 4.98. The highest BCUT2D eigenvalue weighted by molar-refractivity contribution is 5.90. The first-order valence-electron chi connectivity index (χ1n) is 5.70. The van der Waals surface area contributed by atoms with Crippen LogP contribution in [0.2, 0.25) is 0 Å². The van der Waals surface area contributed by atoms with Crippen LogP contribution in [0.25, 0.3) is 0 Å². The van der Waals surface area contributed by atoms with Gasteiger partial charge < -0.3 is 20.2 Å². The Hall–Kier alpha value is -1.30. The second-order valence-electron chi connectivity index (χ2n) is 4.98. The molecule has 0 aliphatic carbocycles. The average Bonchev–Trinajstić information content (AvgIpc) is 2.60. The van der Waals surface area contributed by atoms with Gasteiger partial charge in [-0.1, -0.05) is 5.16 Å². The van der Waals surface area contributed by atoms with Crippen molar-refractivity contribution in [3.05, 3.63) is 0 Å². The molecule has 6 heteroatoms. The average molecular weight is 243 g/mol. The van der Waals surface area contributed by atoms with Gasteiger partial charge in [0.1, 0.15) is 12.7 Å². The van der Waals surface area contributed by atoms with E-state index in [0.29, 0.717) is 13.1 Å². The van der Waals surface area contributed by atoms with Crippen LogP contribution in [-0.2, 0) is 9.57 Å². The van der Waals surface area contributed by atoms with Gasteiger partial charge in [-0.15, -0.1) is 0 Å². The fourth-order valence-electron chi connectivity index (χ4n) is 1.57. The fourth-order valence-corrected chi connectivity index (χ4v) is 1.57. The van der Waals surface area contributed by atoms with Gasteiger partial charge in [-0.25, -0.2) is 4.79 Å². The summed E-state index contributed by atoms with van der Waals surface area (Å²) in [5.74, 6) is 0.169. The molecule has 1 amide bonds. The molecule has 1 unspecified atom stereocenters. The Morgan fingerprint density at radius 3 is 2.88 bits per heavy atom. The fraction of sp³-hybridized carbons (Fsp3) is 0.818. The van der Waals surface area contributed by atoms with E-state index in [1.165, 1.54) is 7.11 Å². The van der Waals surface area contributed by atoms with Crippen LogP contribution in [0.15, 0.2) is 5.16 Å². The van der Waals surface area contributed by atoms with Crippen LogP contribution in [0.3, 0.4) is 0 Å². The van der Waals surface area contributed by atoms with E-state index in [0.717, 1.165) is 12.3 Å². The number of amides is 1. The molecule has 1 fully saturated rings. The smallest absolute Gasteiger partial charge is 0.407 e. The minimum atomic E-state index is -0.471. The molecular formula is C11H21N3O3. The lowest BCUT2D eigenvalue weighted by atomic mass is 10.1. The monoisotopic (exact) mass is 243 g/mol. The summed E-state index contributed by atoms with van der Waals surface area (Å²) in [5, 5.41) is 9.83. The summed E-state index contributed by atoms with van der Waals surface area (Å²) in [6.45, 7) is 7.50. The number of nitrogens with zero attached hydrogens (tertiary/aromatic N) is 1. The van der Waals surface area contributed by atoms with Crippen LogP contribution in [0, 0.1) is 5.92 Å². The van der Waals surface area contributed by atoms with E-state index in [1.807, 2.05) is 20.8 Å². The number of carbonyl (C=O) groups excluding carboxylic acids is 1. The zero-order valence-electron chi connectivity index (χ0n) is 10.9. The van der Waals surface area contributed by atoms with Gasteiger partial charge in [-0.2, -0.15) is 0 Å². The quantitative estimate of drug-likeness (QED) is 0.717. The van der Waals surface area contributed by atoms with Crippen LogP contribution in [-0.4, -0.2) is 44.2 Å². The van der Waals surface area contributed by atoms with E-state index < -0.39 is 11.7 Å². The summed E-state index contributed by atoms with van der Waals surface area (Å²) in [4.78, 5) is 16.2. The summed E-state index contributed by atoms with van der Waals surface area (Å²) >= 11 is 0. The predicted octanol–water partition coefficient (Wildman–Crippen LogP) is 0.733. The Labute approximate surface area is 102 Å². The van der Waals surface area contributed by atoms with Gasteiger partial charge in [0.05, 0.1) is 5.71 Å². The van der Waals surface area contributed by atoms with Crippen molar-refractivity contribution in [2.45, 2.75) is 26.4 Å². The van der Waals surface area contributed by atoms with Gasteiger partial charge in [0.25, 0.3) is 0 Å². The Balaban J connectivity index is 2.35. The summed E-state index contributed by atoms with van der Waals surface area (Å²) < 4.78 is 5.15. The van der Waals surface area contributed by atoms with Crippen LogP contribution >= 0.6 is 0 Å². The Morgan fingerprint density at radius 2 is 2.29 bits per heavy atom. The minimum absolute atomic E-state index is 0.169. The number of nitrogens with one attached hydrogen (secondary N) is 2. The summed E-state index contributed by atoms with van der Waals surface area (Å²) in [5.41, 5.74) is 0.449. The third-order valence-electron chi connectivity index (χ3n) is 2.27. The van der Waals surface area contributed by atoms with Crippen molar-refractivity contribution in [1.82, 2.24) is 10.6 Å². The molecule has 0 aromatic carbocycles. The molecule has 1 heterocycles. The SMILES string of the molecule is CO/N=C1/CNCC1CNC(=O)OC(C)(C)C. The van der Waals surface area contributed by atoms with Crippen molar-refractivity contribution in [1.29, 1.82) is 0 Å². The topological polar surface area (TPSA) is 72.0 Å². The number of carbonyl (C=O) groups is 1. The van der Waals surface area contributed by atoms with Crippen molar-refractivity contribution in [3.63, 3.8) is 0 Å². The Kier molecular flexibility index (Phi) is 4.74. The van der Waals surface area contributed by atoms with E-state index in [1.54, 1.807) is 0 Å². The summed E-state index contributed by atoms with van der Waals surface area (Å²) in [6.07, 6.45) is -0.402. The molecule has 6 nitrogen and oxygen atoms in total. The lowest BCUT2D eigenvalue weighted by Crippen LogP contribution is -2.37. The largest absolute Gasteiger partial charge is 0.444 e. The van der Waals surface area contributed by atoms with Gasteiger partial charge >= 0.3 is 6.09 Å². The van der Waals surface area contributed by atoms with Crippen molar-refractivity contribution in [2.75, 3.05) is 26.7 Å². The van der Waals surface area contributed by atoms with Crippen LogP contribution in [0.4, 0.5) is 4.79 Å². The number of oxime groups is 1. The van der Waals surface area contributed by atoms with Crippen LogP contribution in [0.5, 0.6) is 0 Å². The first kappa shape index (κ1) is 13.8. The van der Waals surface area contributed by atoms with Crippen LogP contribution in [0.1, 0.15) is 20.8 Å². The van der Waals surface area contributed by atoms with E-state index in [9.17, 15) is 4.79 Å². The molecule has 0 aromatic heterocycles. The Bertz CT molecular complexity index is 297. The van der Waals surface area contributed by atoms with Crippen molar-refractivity contribution < 1.29 is 14.4 Å². The summed E-state index contributed by atoms with van der Waals surface area (Å²) in [6, 6.07) is 0. The zero-order valence-corrected chi connectivity index (χ0v) is 10.9. The molecule has 0 spiro atoms. The zero-order chi connectivity index (χ0) is 12.9. The number of hydrogen-bond donors (Lipinski definition) is 2. The van der Waals surface area contributed by atoms with E-state index in [4.69, 9.17) is 9.57 Å². The second kappa shape index (κ2) is 5.86. The highest BCUT2D eigenvalue weighted by atomic mass is 16.6. The molecule has 98 valence electrons. The molecule has 1 aliphatic heterocycles.